The summed E-state index contributed by atoms with van der Waals surface area (Å²) in [5, 5.41) is 0. The van der Waals surface area contributed by atoms with E-state index in [1.807, 2.05) is 0 Å². The van der Waals surface area contributed by atoms with Crippen LogP contribution in [0.15, 0.2) is 122 Å². The zero-order valence-electron chi connectivity index (χ0n) is 53.7. The van der Waals surface area contributed by atoms with Gasteiger partial charge in [0.05, 0.1) is 0 Å². The fourth-order valence-corrected chi connectivity index (χ4v) is 9.62. The lowest BCUT2D eigenvalue weighted by Gasteiger charge is -2.18. The van der Waals surface area contributed by atoms with Crippen LogP contribution in [0.2, 0.25) is 0 Å². The second-order valence-electron chi connectivity index (χ2n) is 22.7. The van der Waals surface area contributed by atoms with E-state index >= 15 is 0 Å². The van der Waals surface area contributed by atoms with Crippen molar-refractivity contribution in [2.45, 2.75) is 329 Å². The lowest BCUT2D eigenvalue weighted by molar-refractivity contribution is -0.167. The normalized spacial score (nSPS) is 12.9. The molecule has 0 saturated carbocycles. The van der Waals surface area contributed by atoms with E-state index in [0.29, 0.717) is 19.3 Å². The summed E-state index contributed by atoms with van der Waals surface area (Å²) in [6, 6.07) is 0. The molecule has 82 heavy (non-hydrogen) atoms. The number of hydrogen-bond acceptors (Lipinski definition) is 6. The largest absolute Gasteiger partial charge is 0.462 e. The van der Waals surface area contributed by atoms with Crippen LogP contribution in [0, 0.1) is 0 Å². The van der Waals surface area contributed by atoms with E-state index in [4.69, 9.17) is 14.2 Å². The summed E-state index contributed by atoms with van der Waals surface area (Å²) in [6.45, 7) is 6.41. The molecule has 6 heteroatoms. The number of esters is 3. The van der Waals surface area contributed by atoms with Gasteiger partial charge in [-0.05, 0) is 109 Å². The molecule has 1 unspecified atom stereocenters. The maximum Gasteiger partial charge on any atom is 0.306 e. The maximum atomic E-state index is 12.9. The highest BCUT2D eigenvalue weighted by atomic mass is 16.6. The second kappa shape index (κ2) is 69.3. The van der Waals surface area contributed by atoms with Gasteiger partial charge in [0, 0.05) is 19.3 Å². The minimum absolute atomic E-state index is 0.0774. The number of hydrogen-bond donors (Lipinski definition) is 0. The fraction of sp³-hybridized carbons (Fsp3) is 0.697. The van der Waals surface area contributed by atoms with Crippen LogP contribution in [0.3, 0.4) is 0 Å². The van der Waals surface area contributed by atoms with E-state index in [2.05, 4.69) is 142 Å². The van der Waals surface area contributed by atoms with Crippen LogP contribution in [0.5, 0.6) is 0 Å². The molecule has 0 aromatic carbocycles. The Morgan fingerprint density at radius 3 is 0.744 bits per heavy atom. The molecule has 1 atom stereocenters. The number of unbranched alkanes of at least 4 members (excludes halogenated alkanes) is 31. The molecule has 0 aromatic rings. The summed E-state index contributed by atoms with van der Waals surface area (Å²) in [7, 11) is 0. The van der Waals surface area contributed by atoms with Crippen molar-refractivity contribution in [3.05, 3.63) is 122 Å². The topological polar surface area (TPSA) is 78.9 Å². The third-order valence-corrected chi connectivity index (χ3v) is 14.7. The van der Waals surface area contributed by atoms with E-state index in [9.17, 15) is 14.4 Å². The number of carbonyl (C=O) groups is 3. The highest BCUT2D eigenvalue weighted by Crippen LogP contribution is 2.17. The van der Waals surface area contributed by atoms with Gasteiger partial charge in [0.15, 0.2) is 6.10 Å². The second-order valence-corrected chi connectivity index (χ2v) is 22.7. The molecule has 0 radical (unpaired) electrons. The van der Waals surface area contributed by atoms with Crippen molar-refractivity contribution >= 4 is 17.9 Å². The van der Waals surface area contributed by atoms with Crippen LogP contribution >= 0.6 is 0 Å². The van der Waals surface area contributed by atoms with Crippen LogP contribution in [0.4, 0.5) is 0 Å². The summed E-state index contributed by atoms with van der Waals surface area (Å²) in [5.41, 5.74) is 0. The first-order valence-electron chi connectivity index (χ1n) is 34.5. The lowest BCUT2D eigenvalue weighted by atomic mass is 10.0. The van der Waals surface area contributed by atoms with Crippen molar-refractivity contribution < 1.29 is 28.6 Å². The molecule has 0 N–H and O–H groups in total. The molecule has 0 bridgehead atoms. The fourth-order valence-electron chi connectivity index (χ4n) is 9.62. The van der Waals surface area contributed by atoms with Crippen molar-refractivity contribution in [2.75, 3.05) is 13.2 Å². The zero-order chi connectivity index (χ0) is 59.2. The first-order chi connectivity index (χ1) is 40.5. The molecule has 0 aromatic heterocycles. The third-order valence-electron chi connectivity index (χ3n) is 14.7. The van der Waals surface area contributed by atoms with Gasteiger partial charge in [-0.3, -0.25) is 14.4 Å². The third kappa shape index (κ3) is 66.6. The van der Waals surface area contributed by atoms with Gasteiger partial charge in [0.1, 0.15) is 13.2 Å². The Bertz CT molecular complexity index is 1690. The van der Waals surface area contributed by atoms with Crippen LogP contribution in [0.1, 0.15) is 323 Å². The smallest absolute Gasteiger partial charge is 0.306 e. The summed E-state index contributed by atoms with van der Waals surface area (Å²) in [6.07, 6.45) is 96.7. The van der Waals surface area contributed by atoms with Gasteiger partial charge in [0.25, 0.3) is 0 Å². The monoisotopic (exact) mass is 1140 g/mol. The van der Waals surface area contributed by atoms with Crippen molar-refractivity contribution in [1.82, 2.24) is 0 Å². The molecule has 0 aliphatic rings. The molecule has 0 aliphatic heterocycles. The zero-order valence-corrected chi connectivity index (χ0v) is 53.7. The van der Waals surface area contributed by atoms with Gasteiger partial charge >= 0.3 is 17.9 Å². The average molecular weight is 1140 g/mol. The highest BCUT2D eigenvalue weighted by molar-refractivity contribution is 5.71. The van der Waals surface area contributed by atoms with Gasteiger partial charge < -0.3 is 14.2 Å². The maximum absolute atomic E-state index is 12.9. The van der Waals surface area contributed by atoms with Crippen molar-refractivity contribution in [2.24, 2.45) is 0 Å². The number of ether oxygens (including phenoxy) is 3. The summed E-state index contributed by atoms with van der Waals surface area (Å²) < 4.78 is 16.9. The van der Waals surface area contributed by atoms with Gasteiger partial charge in [-0.2, -0.15) is 0 Å². The Kier molecular flexibility index (Phi) is 65.8. The predicted octanol–water partition coefficient (Wildman–Crippen LogP) is 23.9. The van der Waals surface area contributed by atoms with E-state index in [1.54, 1.807) is 0 Å². The lowest BCUT2D eigenvalue weighted by Crippen LogP contribution is -2.30. The van der Waals surface area contributed by atoms with Crippen LogP contribution < -0.4 is 0 Å². The molecule has 0 rings (SSSR count). The molecular formula is C76H128O6. The van der Waals surface area contributed by atoms with Crippen LogP contribution in [-0.4, -0.2) is 37.2 Å². The molecule has 0 fully saturated rings. The minimum Gasteiger partial charge on any atom is -0.462 e. The van der Waals surface area contributed by atoms with E-state index < -0.39 is 6.10 Å². The first kappa shape index (κ1) is 77.8. The standard InChI is InChI=1S/C76H128O6/c1-4-7-10-13-16-19-21-23-25-27-29-31-33-35-36-37-38-39-40-42-43-45-47-49-51-53-55-57-60-63-66-69-75(78)81-72-73(71-80-74(77)68-65-62-59-18-15-12-9-6-3)82-76(79)70-67-64-61-58-56-54-52-50-48-46-44-41-34-32-30-28-26-24-22-20-17-14-11-8-5-2/h7-8,10-11,16-17,19-20,23-26,29-32,35-36,38-39,73H,4-6,9,12-15,18,21-22,27-28,33-34,37,40-72H2,1-3H3/b10-7-,11-8-,19-16-,20-17-,25-23-,26-24-,31-29-,32-30-,36-35-,39-38-. The van der Waals surface area contributed by atoms with Crippen molar-refractivity contribution in [3.8, 4) is 0 Å². The molecule has 0 spiro atoms. The Hall–Kier alpha value is -4.19. The molecule has 0 amide bonds. The van der Waals surface area contributed by atoms with Gasteiger partial charge in [-0.15, -0.1) is 0 Å². The van der Waals surface area contributed by atoms with Crippen molar-refractivity contribution in [1.29, 1.82) is 0 Å². The van der Waals surface area contributed by atoms with Gasteiger partial charge in [-0.25, -0.2) is 0 Å². The van der Waals surface area contributed by atoms with E-state index in [1.165, 1.54) is 161 Å². The Morgan fingerprint density at radius 1 is 0.256 bits per heavy atom. The molecule has 6 nitrogen and oxygen atoms in total. The van der Waals surface area contributed by atoms with Gasteiger partial charge in [-0.1, -0.05) is 316 Å². The van der Waals surface area contributed by atoms with E-state index in [-0.39, 0.29) is 31.1 Å². The number of rotatable bonds is 62. The quantitative estimate of drug-likeness (QED) is 0.0261. The molecular weight excluding hydrogens is 1010 g/mol. The Morgan fingerprint density at radius 2 is 0.476 bits per heavy atom. The Balaban J connectivity index is 4.14. The highest BCUT2D eigenvalue weighted by Gasteiger charge is 2.19. The average Bonchev–Trinajstić information content (AvgIpc) is 3.47. The van der Waals surface area contributed by atoms with Crippen molar-refractivity contribution in [3.63, 3.8) is 0 Å². The van der Waals surface area contributed by atoms with E-state index in [0.717, 1.165) is 122 Å². The molecule has 0 heterocycles. The summed E-state index contributed by atoms with van der Waals surface area (Å²) in [4.78, 5) is 38.2. The first-order valence-corrected chi connectivity index (χ1v) is 34.5. The van der Waals surface area contributed by atoms with Crippen LogP contribution in [-0.2, 0) is 28.6 Å². The van der Waals surface area contributed by atoms with Crippen LogP contribution in [0.25, 0.3) is 0 Å². The molecule has 468 valence electrons. The number of allylic oxidation sites excluding steroid dienone is 20. The molecule has 0 aliphatic carbocycles. The predicted molar refractivity (Wildman–Crippen MR) is 357 cm³/mol. The summed E-state index contributed by atoms with van der Waals surface area (Å²) >= 11 is 0. The molecule has 0 saturated heterocycles. The summed E-state index contributed by atoms with van der Waals surface area (Å²) in [5.74, 6) is -0.876. The SMILES string of the molecule is CC/C=C\C/C=C\C/C=C\C/C=C\C/C=C\C/C=C\CCCCCCCCCCCCCCC(=O)OCC(COC(=O)CCCCCCCCCC)OC(=O)CCCCCCCCCCCCCC/C=C\C/C=C\C/C=C\C/C=C\CC. The number of carbonyl (C=O) groups excluding carboxylic acids is 3. The van der Waals surface area contributed by atoms with Gasteiger partial charge in [0.2, 0.25) is 0 Å². The Labute approximate surface area is 507 Å². The minimum atomic E-state index is -0.780.